The summed E-state index contributed by atoms with van der Waals surface area (Å²) < 4.78 is 32.1. The molecule has 2 aliphatic rings. The van der Waals surface area contributed by atoms with Crippen molar-refractivity contribution in [2.75, 3.05) is 19.7 Å². The second-order valence-electron chi connectivity index (χ2n) is 6.44. The number of hydrogen-bond donors (Lipinski definition) is 1. The van der Waals surface area contributed by atoms with Crippen LogP contribution in [-0.2, 0) is 9.53 Å². The molecule has 0 aromatic heterocycles. The first-order valence-corrected chi connectivity index (χ1v) is 8.15. The molecule has 1 aromatic rings. The van der Waals surface area contributed by atoms with Gasteiger partial charge in [0.1, 0.15) is 6.10 Å². The fourth-order valence-electron chi connectivity index (χ4n) is 3.47. The zero-order valence-electron chi connectivity index (χ0n) is 13.0. The molecule has 23 heavy (non-hydrogen) atoms. The Kier molecular flexibility index (Phi) is 4.92. The average Bonchev–Trinajstić information content (AvgIpc) is 2.57. The van der Waals surface area contributed by atoms with Gasteiger partial charge in [-0.15, -0.1) is 0 Å². The highest BCUT2D eigenvalue weighted by Gasteiger charge is 2.32. The minimum Gasteiger partial charge on any atom is -0.370 e. The van der Waals surface area contributed by atoms with Gasteiger partial charge in [0.05, 0.1) is 13.2 Å². The number of hydrogen-bond acceptors (Lipinski definition) is 3. The summed E-state index contributed by atoms with van der Waals surface area (Å²) in [6, 6.07) is 3.84. The molecule has 0 spiro atoms. The highest BCUT2D eigenvalue weighted by molar-refractivity contribution is 5.79. The quantitative estimate of drug-likeness (QED) is 0.909. The third kappa shape index (κ3) is 3.70. The van der Waals surface area contributed by atoms with Gasteiger partial charge in [-0.1, -0.05) is 12.5 Å². The lowest BCUT2D eigenvalue weighted by Crippen LogP contribution is -2.46. The van der Waals surface area contributed by atoms with E-state index in [9.17, 15) is 13.6 Å². The van der Waals surface area contributed by atoms with Crippen molar-refractivity contribution < 1.29 is 18.3 Å². The Balaban J connectivity index is 1.67. The highest BCUT2D eigenvalue weighted by Crippen LogP contribution is 2.28. The Hall–Kier alpha value is -1.53. The van der Waals surface area contributed by atoms with Gasteiger partial charge < -0.3 is 15.4 Å². The minimum absolute atomic E-state index is 0.0255. The van der Waals surface area contributed by atoms with Crippen molar-refractivity contribution in [3.05, 3.63) is 35.4 Å². The first kappa shape index (κ1) is 16.3. The SMILES string of the molecule is N[C@@H]1CCC[C@H](C(=O)N2CCO[C@@H](c3ccc(F)c(F)c3)C2)C1. The van der Waals surface area contributed by atoms with E-state index in [0.29, 0.717) is 25.3 Å². The van der Waals surface area contributed by atoms with Crippen LogP contribution in [0.3, 0.4) is 0 Å². The van der Waals surface area contributed by atoms with Gasteiger partial charge in [0.15, 0.2) is 11.6 Å². The molecule has 3 rings (SSSR count). The molecule has 2 N–H and O–H groups in total. The molecule has 1 aliphatic carbocycles. The number of benzene rings is 1. The van der Waals surface area contributed by atoms with Crippen LogP contribution in [0.2, 0.25) is 0 Å². The summed E-state index contributed by atoms with van der Waals surface area (Å²) in [7, 11) is 0. The molecule has 0 bridgehead atoms. The van der Waals surface area contributed by atoms with Crippen molar-refractivity contribution in [2.24, 2.45) is 11.7 Å². The van der Waals surface area contributed by atoms with Crippen molar-refractivity contribution in [1.29, 1.82) is 0 Å². The number of carbonyl (C=O) groups excluding carboxylic acids is 1. The van der Waals surface area contributed by atoms with Crippen LogP contribution in [0, 0.1) is 17.6 Å². The molecular formula is C17H22F2N2O2. The van der Waals surface area contributed by atoms with Crippen molar-refractivity contribution in [2.45, 2.75) is 37.8 Å². The first-order valence-electron chi connectivity index (χ1n) is 8.15. The Morgan fingerprint density at radius 3 is 2.83 bits per heavy atom. The van der Waals surface area contributed by atoms with Crippen molar-refractivity contribution >= 4 is 5.91 Å². The van der Waals surface area contributed by atoms with E-state index >= 15 is 0 Å². The second kappa shape index (κ2) is 6.93. The van der Waals surface area contributed by atoms with Crippen LogP contribution in [0.1, 0.15) is 37.4 Å². The Morgan fingerprint density at radius 1 is 1.26 bits per heavy atom. The van der Waals surface area contributed by atoms with Gasteiger partial charge in [-0.2, -0.15) is 0 Å². The molecule has 6 heteroatoms. The van der Waals surface area contributed by atoms with Crippen LogP contribution in [0.15, 0.2) is 18.2 Å². The summed E-state index contributed by atoms with van der Waals surface area (Å²) >= 11 is 0. The number of halogens is 2. The van der Waals surface area contributed by atoms with Crippen molar-refractivity contribution in [3.8, 4) is 0 Å². The highest BCUT2D eigenvalue weighted by atomic mass is 19.2. The zero-order valence-corrected chi connectivity index (χ0v) is 13.0. The lowest BCUT2D eigenvalue weighted by molar-refractivity contribution is -0.144. The summed E-state index contributed by atoms with van der Waals surface area (Å²) in [6.07, 6.45) is 3.14. The van der Waals surface area contributed by atoms with E-state index in [1.165, 1.54) is 6.07 Å². The summed E-state index contributed by atoms with van der Waals surface area (Å²) in [5.74, 6) is -1.69. The molecule has 0 unspecified atom stereocenters. The number of rotatable bonds is 2. The molecule has 1 heterocycles. The maximum atomic E-state index is 13.4. The maximum Gasteiger partial charge on any atom is 0.225 e. The van der Waals surface area contributed by atoms with Crippen molar-refractivity contribution in [3.63, 3.8) is 0 Å². The Morgan fingerprint density at radius 2 is 2.09 bits per heavy atom. The van der Waals surface area contributed by atoms with Gasteiger partial charge in [-0.3, -0.25) is 4.79 Å². The molecule has 4 nitrogen and oxygen atoms in total. The van der Waals surface area contributed by atoms with Crippen LogP contribution in [-0.4, -0.2) is 36.5 Å². The zero-order chi connectivity index (χ0) is 16.4. The summed E-state index contributed by atoms with van der Waals surface area (Å²) in [6.45, 7) is 1.30. The third-order valence-corrected chi connectivity index (χ3v) is 4.76. The number of ether oxygens (including phenoxy) is 1. The molecule has 126 valence electrons. The van der Waals surface area contributed by atoms with Crippen LogP contribution >= 0.6 is 0 Å². The van der Waals surface area contributed by atoms with Crippen LogP contribution in [0.25, 0.3) is 0 Å². The molecule has 1 aromatic carbocycles. The summed E-state index contributed by atoms with van der Waals surface area (Å²) in [5, 5.41) is 0. The lowest BCUT2D eigenvalue weighted by atomic mass is 9.85. The van der Waals surface area contributed by atoms with Crippen molar-refractivity contribution in [1.82, 2.24) is 4.90 Å². The number of amides is 1. The Labute approximate surface area is 134 Å². The van der Waals surface area contributed by atoms with Gasteiger partial charge in [0.25, 0.3) is 0 Å². The largest absolute Gasteiger partial charge is 0.370 e. The van der Waals surface area contributed by atoms with E-state index in [4.69, 9.17) is 10.5 Å². The van der Waals surface area contributed by atoms with E-state index in [2.05, 4.69) is 0 Å². The number of morpholine rings is 1. The first-order chi connectivity index (χ1) is 11.0. The normalized spacial score (nSPS) is 28.7. The summed E-state index contributed by atoms with van der Waals surface area (Å²) in [4.78, 5) is 14.5. The predicted octanol–water partition coefficient (Wildman–Crippen LogP) is 2.38. The second-order valence-corrected chi connectivity index (χ2v) is 6.44. The van der Waals surface area contributed by atoms with Gasteiger partial charge in [0.2, 0.25) is 5.91 Å². The predicted molar refractivity (Wildman–Crippen MR) is 81.6 cm³/mol. The third-order valence-electron chi connectivity index (χ3n) is 4.76. The smallest absolute Gasteiger partial charge is 0.225 e. The van der Waals surface area contributed by atoms with E-state index in [1.54, 1.807) is 4.90 Å². The van der Waals surface area contributed by atoms with Gasteiger partial charge in [-0.05, 0) is 37.0 Å². The van der Waals surface area contributed by atoms with Crippen LogP contribution in [0.5, 0.6) is 0 Å². The van der Waals surface area contributed by atoms with Gasteiger partial charge in [-0.25, -0.2) is 8.78 Å². The number of nitrogens with zero attached hydrogens (tertiary/aromatic N) is 1. The molecule has 1 saturated carbocycles. The fraction of sp³-hybridized carbons (Fsp3) is 0.588. The Bertz CT molecular complexity index is 582. The van der Waals surface area contributed by atoms with Gasteiger partial charge >= 0.3 is 0 Å². The van der Waals surface area contributed by atoms with E-state index in [0.717, 1.165) is 37.8 Å². The average molecular weight is 324 g/mol. The van der Waals surface area contributed by atoms with E-state index in [-0.39, 0.29) is 17.9 Å². The van der Waals surface area contributed by atoms with E-state index < -0.39 is 17.7 Å². The topological polar surface area (TPSA) is 55.6 Å². The van der Waals surface area contributed by atoms with E-state index in [1.807, 2.05) is 0 Å². The molecule has 3 atom stereocenters. The molecule has 1 saturated heterocycles. The maximum absolute atomic E-state index is 13.4. The molecular weight excluding hydrogens is 302 g/mol. The van der Waals surface area contributed by atoms with Crippen LogP contribution in [0.4, 0.5) is 8.78 Å². The summed E-state index contributed by atoms with van der Waals surface area (Å²) in [5.41, 5.74) is 6.53. The monoisotopic (exact) mass is 324 g/mol. The van der Waals surface area contributed by atoms with Crippen LogP contribution < -0.4 is 5.73 Å². The molecule has 2 fully saturated rings. The standard InChI is InChI=1S/C17H22F2N2O2/c18-14-5-4-11(9-15(14)19)16-10-21(6-7-23-16)17(22)12-2-1-3-13(20)8-12/h4-5,9,12-13,16H,1-3,6-8,10,20H2/t12-,13+,16+/m0/s1. The lowest BCUT2D eigenvalue weighted by Gasteiger charge is -2.37. The molecule has 0 radical (unpaired) electrons. The minimum atomic E-state index is -0.896. The molecule has 1 aliphatic heterocycles. The fourth-order valence-corrected chi connectivity index (χ4v) is 3.47. The number of carbonyl (C=O) groups is 1. The molecule has 1 amide bonds. The van der Waals surface area contributed by atoms with Gasteiger partial charge in [0, 0.05) is 18.5 Å². The number of nitrogens with two attached hydrogens (primary N) is 1.